The predicted octanol–water partition coefficient (Wildman–Crippen LogP) is 3.76. The standard InChI is InChI=1S/C17H21N3/c1-3-11-18-17-14-5-4-6-15(14)19-16(20-17)13-9-7-12(2)8-10-13/h7-10H,3-6,11H2,1-2H3,(H,18,19,20). The molecule has 3 nitrogen and oxygen atoms in total. The van der Waals surface area contributed by atoms with Gasteiger partial charge in [0.1, 0.15) is 5.82 Å². The van der Waals surface area contributed by atoms with E-state index in [4.69, 9.17) is 9.97 Å². The Bertz CT molecular complexity index is 602. The Morgan fingerprint density at radius 3 is 2.65 bits per heavy atom. The van der Waals surface area contributed by atoms with Crippen molar-refractivity contribution in [3.8, 4) is 11.4 Å². The van der Waals surface area contributed by atoms with Gasteiger partial charge in [0.2, 0.25) is 0 Å². The number of anilines is 1. The first-order valence-electron chi connectivity index (χ1n) is 7.48. The lowest BCUT2D eigenvalue weighted by molar-refractivity contribution is 0.899. The number of aromatic nitrogens is 2. The van der Waals surface area contributed by atoms with Crippen molar-refractivity contribution in [3.05, 3.63) is 41.1 Å². The lowest BCUT2D eigenvalue weighted by Crippen LogP contribution is -2.08. The molecular formula is C17H21N3. The fourth-order valence-electron chi connectivity index (χ4n) is 2.65. The number of benzene rings is 1. The van der Waals surface area contributed by atoms with Crippen LogP contribution >= 0.6 is 0 Å². The average molecular weight is 267 g/mol. The number of nitrogens with one attached hydrogen (secondary N) is 1. The molecule has 0 spiro atoms. The molecule has 0 radical (unpaired) electrons. The van der Waals surface area contributed by atoms with Crippen LogP contribution in [0.3, 0.4) is 0 Å². The summed E-state index contributed by atoms with van der Waals surface area (Å²) in [7, 11) is 0. The summed E-state index contributed by atoms with van der Waals surface area (Å²) in [6, 6.07) is 8.45. The van der Waals surface area contributed by atoms with E-state index >= 15 is 0 Å². The Kier molecular flexibility index (Phi) is 3.68. The predicted molar refractivity (Wildman–Crippen MR) is 83.0 cm³/mol. The lowest BCUT2D eigenvalue weighted by Gasteiger charge is -2.11. The number of aryl methyl sites for hydroxylation is 2. The van der Waals surface area contributed by atoms with E-state index < -0.39 is 0 Å². The lowest BCUT2D eigenvalue weighted by atomic mass is 10.1. The molecule has 1 heterocycles. The van der Waals surface area contributed by atoms with E-state index in [9.17, 15) is 0 Å². The van der Waals surface area contributed by atoms with E-state index in [-0.39, 0.29) is 0 Å². The quantitative estimate of drug-likeness (QED) is 0.916. The number of hydrogen-bond acceptors (Lipinski definition) is 3. The Hall–Kier alpha value is -1.90. The van der Waals surface area contributed by atoms with Crippen LogP contribution in [0.15, 0.2) is 24.3 Å². The maximum atomic E-state index is 4.77. The first kappa shape index (κ1) is 13.1. The third kappa shape index (κ3) is 2.53. The fourth-order valence-corrected chi connectivity index (χ4v) is 2.65. The molecular weight excluding hydrogens is 246 g/mol. The number of fused-ring (bicyclic) bond motifs is 1. The third-order valence-electron chi connectivity index (χ3n) is 3.79. The first-order valence-corrected chi connectivity index (χ1v) is 7.48. The van der Waals surface area contributed by atoms with Crippen LogP contribution in [0.1, 0.15) is 36.6 Å². The minimum absolute atomic E-state index is 0.851. The minimum Gasteiger partial charge on any atom is -0.370 e. The van der Waals surface area contributed by atoms with Crippen LogP contribution in [-0.4, -0.2) is 16.5 Å². The molecule has 0 unspecified atom stereocenters. The monoisotopic (exact) mass is 267 g/mol. The topological polar surface area (TPSA) is 37.8 Å². The van der Waals surface area contributed by atoms with Crippen LogP contribution in [0.2, 0.25) is 0 Å². The van der Waals surface area contributed by atoms with E-state index in [0.717, 1.165) is 43.0 Å². The second-order valence-electron chi connectivity index (χ2n) is 5.47. The molecule has 1 aliphatic carbocycles. The van der Waals surface area contributed by atoms with Crippen molar-refractivity contribution < 1.29 is 0 Å². The van der Waals surface area contributed by atoms with Gasteiger partial charge in [0, 0.05) is 23.4 Å². The maximum Gasteiger partial charge on any atom is 0.161 e. The van der Waals surface area contributed by atoms with Crippen LogP contribution in [0.4, 0.5) is 5.82 Å². The molecule has 1 aromatic carbocycles. The van der Waals surface area contributed by atoms with Crippen molar-refractivity contribution in [1.29, 1.82) is 0 Å². The van der Waals surface area contributed by atoms with Gasteiger partial charge in [-0.15, -0.1) is 0 Å². The number of nitrogens with zero attached hydrogens (tertiary/aromatic N) is 2. The summed E-state index contributed by atoms with van der Waals surface area (Å²) < 4.78 is 0. The highest BCUT2D eigenvalue weighted by Gasteiger charge is 2.19. The molecule has 0 atom stereocenters. The van der Waals surface area contributed by atoms with Crippen molar-refractivity contribution >= 4 is 5.82 Å². The minimum atomic E-state index is 0.851. The van der Waals surface area contributed by atoms with Gasteiger partial charge in [-0.25, -0.2) is 9.97 Å². The summed E-state index contributed by atoms with van der Waals surface area (Å²) in [5.41, 5.74) is 4.92. The molecule has 0 saturated heterocycles. The maximum absolute atomic E-state index is 4.77. The zero-order chi connectivity index (χ0) is 13.9. The van der Waals surface area contributed by atoms with Crippen molar-refractivity contribution in [2.75, 3.05) is 11.9 Å². The van der Waals surface area contributed by atoms with Crippen LogP contribution < -0.4 is 5.32 Å². The van der Waals surface area contributed by atoms with Crippen LogP contribution in [0.25, 0.3) is 11.4 Å². The molecule has 104 valence electrons. The smallest absolute Gasteiger partial charge is 0.161 e. The van der Waals surface area contributed by atoms with Crippen LogP contribution in [0.5, 0.6) is 0 Å². The molecule has 0 fully saturated rings. The fraction of sp³-hybridized carbons (Fsp3) is 0.412. The molecule has 1 aliphatic rings. The normalized spacial score (nSPS) is 13.3. The van der Waals surface area contributed by atoms with Crippen molar-refractivity contribution in [2.45, 2.75) is 39.5 Å². The summed E-state index contributed by atoms with van der Waals surface area (Å²) >= 11 is 0. The molecule has 3 rings (SSSR count). The Labute approximate surface area is 120 Å². The third-order valence-corrected chi connectivity index (χ3v) is 3.79. The molecule has 0 saturated carbocycles. The second-order valence-corrected chi connectivity index (χ2v) is 5.47. The molecule has 2 aromatic rings. The van der Waals surface area contributed by atoms with Crippen LogP contribution in [0, 0.1) is 6.92 Å². The van der Waals surface area contributed by atoms with Gasteiger partial charge in [-0.3, -0.25) is 0 Å². The molecule has 1 N–H and O–H groups in total. The highest BCUT2D eigenvalue weighted by molar-refractivity contribution is 5.61. The zero-order valence-electron chi connectivity index (χ0n) is 12.2. The Balaban J connectivity index is 2.01. The second kappa shape index (κ2) is 5.61. The van der Waals surface area contributed by atoms with Gasteiger partial charge in [0.05, 0.1) is 0 Å². The van der Waals surface area contributed by atoms with E-state index in [2.05, 4.69) is 43.4 Å². The van der Waals surface area contributed by atoms with Gasteiger partial charge in [0.25, 0.3) is 0 Å². The van der Waals surface area contributed by atoms with Crippen LogP contribution in [-0.2, 0) is 12.8 Å². The summed E-state index contributed by atoms with van der Waals surface area (Å²) in [5.74, 6) is 1.90. The number of rotatable bonds is 4. The van der Waals surface area contributed by atoms with Gasteiger partial charge in [-0.2, -0.15) is 0 Å². The largest absolute Gasteiger partial charge is 0.370 e. The van der Waals surface area contributed by atoms with E-state index in [1.54, 1.807) is 0 Å². The summed E-state index contributed by atoms with van der Waals surface area (Å²) in [4.78, 5) is 9.53. The van der Waals surface area contributed by atoms with E-state index in [1.165, 1.54) is 23.2 Å². The molecule has 3 heteroatoms. The Morgan fingerprint density at radius 1 is 1.10 bits per heavy atom. The molecule has 1 aromatic heterocycles. The summed E-state index contributed by atoms with van der Waals surface area (Å²) in [6.07, 6.45) is 4.49. The van der Waals surface area contributed by atoms with Crippen molar-refractivity contribution in [1.82, 2.24) is 9.97 Å². The van der Waals surface area contributed by atoms with Crippen molar-refractivity contribution in [3.63, 3.8) is 0 Å². The molecule has 0 bridgehead atoms. The van der Waals surface area contributed by atoms with Gasteiger partial charge in [-0.05, 0) is 32.6 Å². The van der Waals surface area contributed by atoms with Gasteiger partial charge >= 0.3 is 0 Å². The van der Waals surface area contributed by atoms with Gasteiger partial charge < -0.3 is 5.32 Å². The molecule has 0 amide bonds. The number of hydrogen-bond donors (Lipinski definition) is 1. The first-order chi connectivity index (χ1) is 9.78. The van der Waals surface area contributed by atoms with Crippen molar-refractivity contribution in [2.24, 2.45) is 0 Å². The highest BCUT2D eigenvalue weighted by atomic mass is 15.0. The Morgan fingerprint density at radius 2 is 1.90 bits per heavy atom. The van der Waals surface area contributed by atoms with E-state index in [0.29, 0.717) is 0 Å². The molecule has 20 heavy (non-hydrogen) atoms. The zero-order valence-corrected chi connectivity index (χ0v) is 12.2. The highest BCUT2D eigenvalue weighted by Crippen LogP contribution is 2.29. The average Bonchev–Trinajstić information content (AvgIpc) is 2.94. The summed E-state index contributed by atoms with van der Waals surface area (Å²) in [5, 5.41) is 3.47. The SMILES string of the molecule is CCCNc1nc(-c2ccc(C)cc2)nc2c1CCC2. The van der Waals surface area contributed by atoms with E-state index in [1.807, 2.05) is 0 Å². The molecule has 0 aliphatic heterocycles. The summed E-state index contributed by atoms with van der Waals surface area (Å²) in [6.45, 7) is 5.24. The van der Waals surface area contributed by atoms with Gasteiger partial charge in [-0.1, -0.05) is 36.8 Å². The van der Waals surface area contributed by atoms with Gasteiger partial charge in [0.15, 0.2) is 5.82 Å².